The molecule has 2 N–H and O–H groups in total. The van der Waals surface area contributed by atoms with Crippen LogP contribution in [0.15, 0.2) is 23.7 Å². The normalized spacial score (nSPS) is 11.3. The van der Waals surface area contributed by atoms with E-state index in [-0.39, 0.29) is 0 Å². The number of carboxylic acid groups (broad SMARTS) is 1. The minimum atomic E-state index is -0.983. The number of hydrogen-bond acceptors (Lipinski definition) is 6. The summed E-state index contributed by atoms with van der Waals surface area (Å²) in [5.74, 6) is -0.890. The van der Waals surface area contributed by atoms with Crippen molar-refractivity contribution >= 4 is 22.4 Å². The second-order valence-electron chi connectivity index (χ2n) is 4.54. The summed E-state index contributed by atoms with van der Waals surface area (Å²) in [7, 11) is 0. The molecule has 2 rings (SSSR count). The molecule has 0 aliphatic rings. The van der Waals surface area contributed by atoms with Gasteiger partial charge in [-0.3, -0.25) is 4.79 Å². The molecule has 0 atom stereocenters. The summed E-state index contributed by atoms with van der Waals surface area (Å²) in [6.45, 7) is 3.78. The Morgan fingerprint density at radius 1 is 1.53 bits per heavy atom. The van der Waals surface area contributed by atoms with Crippen molar-refractivity contribution in [2.45, 2.75) is 25.8 Å². The Labute approximate surface area is 114 Å². The summed E-state index contributed by atoms with van der Waals surface area (Å²) in [6.07, 6.45) is 1.61. The first kappa shape index (κ1) is 13.4. The third-order valence-corrected chi connectivity index (χ3v) is 3.53. The smallest absolute Gasteiger partial charge is 0.315 e. The molecule has 0 radical (unpaired) electrons. The fourth-order valence-electron chi connectivity index (χ4n) is 1.35. The Balaban J connectivity index is 2.04. The van der Waals surface area contributed by atoms with Crippen LogP contribution in [0.4, 0.5) is 5.13 Å². The summed E-state index contributed by atoms with van der Waals surface area (Å²) in [4.78, 5) is 15.4. The van der Waals surface area contributed by atoms with Gasteiger partial charge in [-0.1, -0.05) is 0 Å². The van der Waals surface area contributed by atoms with Gasteiger partial charge >= 0.3 is 5.97 Å². The lowest BCUT2D eigenvalue weighted by Crippen LogP contribution is -2.28. The summed E-state index contributed by atoms with van der Waals surface area (Å²) in [6, 6.07) is 3.67. The number of nitrogens with zero attached hydrogens (tertiary/aromatic N) is 3. The first-order chi connectivity index (χ1) is 9.00. The summed E-state index contributed by atoms with van der Waals surface area (Å²) < 4.78 is 0. The minimum absolute atomic E-state index is 0.508. The molecule has 0 spiro atoms. The van der Waals surface area contributed by atoms with Crippen LogP contribution in [0.1, 0.15) is 25.2 Å². The molecule has 0 aliphatic heterocycles. The predicted molar refractivity (Wildman–Crippen MR) is 72.1 cm³/mol. The number of carbonyl (C=O) groups is 1. The highest BCUT2D eigenvalue weighted by Gasteiger charge is 2.32. The van der Waals surface area contributed by atoms with Gasteiger partial charge in [0.15, 0.2) is 5.13 Å². The van der Waals surface area contributed by atoms with Crippen molar-refractivity contribution in [3.8, 4) is 0 Å². The van der Waals surface area contributed by atoms with Crippen LogP contribution < -0.4 is 5.32 Å². The molecule has 2 heterocycles. The zero-order valence-corrected chi connectivity index (χ0v) is 11.4. The number of carboxylic acids is 1. The molecular formula is C12H14N4O2S. The number of hydrogen-bond donors (Lipinski definition) is 2. The lowest BCUT2D eigenvalue weighted by Gasteiger charge is -2.15. The van der Waals surface area contributed by atoms with Crippen LogP contribution in [0.5, 0.6) is 0 Å². The molecule has 100 valence electrons. The van der Waals surface area contributed by atoms with E-state index >= 15 is 0 Å². The van der Waals surface area contributed by atoms with Gasteiger partial charge in [-0.15, -0.1) is 11.3 Å². The molecule has 0 saturated heterocycles. The van der Waals surface area contributed by atoms with Crippen molar-refractivity contribution in [1.82, 2.24) is 15.2 Å². The van der Waals surface area contributed by atoms with E-state index in [2.05, 4.69) is 20.5 Å². The third-order valence-electron chi connectivity index (χ3n) is 2.73. The van der Waals surface area contributed by atoms with Crippen LogP contribution in [0, 0.1) is 0 Å². The summed E-state index contributed by atoms with van der Waals surface area (Å²) >= 11 is 1.38. The van der Waals surface area contributed by atoms with Gasteiger partial charge < -0.3 is 10.4 Å². The molecule has 0 aliphatic carbocycles. The van der Waals surface area contributed by atoms with Gasteiger partial charge in [-0.05, 0) is 26.0 Å². The van der Waals surface area contributed by atoms with Crippen LogP contribution in [0.3, 0.4) is 0 Å². The maximum Gasteiger partial charge on any atom is 0.315 e. The van der Waals surface area contributed by atoms with Gasteiger partial charge in [-0.25, -0.2) is 4.98 Å². The van der Waals surface area contributed by atoms with Gasteiger partial charge in [0.25, 0.3) is 0 Å². The Morgan fingerprint density at radius 3 is 2.95 bits per heavy atom. The highest BCUT2D eigenvalue weighted by molar-refractivity contribution is 7.13. The Hall–Kier alpha value is -2.02. The van der Waals surface area contributed by atoms with E-state index in [0.29, 0.717) is 17.4 Å². The lowest BCUT2D eigenvalue weighted by molar-refractivity contribution is -0.142. The molecule has 2 aromatic heterocycles. The van der Waals surface area contributed by atoms with Crippen molar-refractivity contribution in [2.24, 2.45) is 0 Å². The van der Waals surface area contributed by atoms with Crippen molar-refractivity contribution in [3.63, 3.8) is 0 Å². The van der Waals surface area contributed by atoms with E-state index in [1.54, 1.807) is 25.4 Å². The maximum absolute atomic E-state index is 11.1. The van der Waals surface area contributed by atoms with E-state index in [1.165, 1.54) is 11.3 Å². The zero-order chi connectivity index (χ0) is 13.9. The average Bonchev–Trinajstić information content (AvgIpc) is 2.87. The monoisotopic (exact) mass is 278 g/mol. The van der Waals surface area contributed by atoms with E-state index in [0.717, 1.165) is 5.69 Å². The second-order valence-corrected chi connectivity index (χ2v) is 5.39. The first-order valence-electron chi connectivity index (χ1n) is 5.70. The molecule has 7 heteroatoms. The van der Waals surface area contributed by atoms with Gasteiger partial charge in [-0.2, -0.15) is 10.2 Å². The van der Waals surface area contributed by atoms with Crippen LogP contribution >= 0.6 is 11.3 Å². The molecule has 0 saturated carbocycles. The molecule has 0 amide bonds. The Bertz CT molecular complexity index is 568. The fraction of sp³-hybridized carbons (Fsp3) is 0.333. The third kappa shape index (κ3) is 3.05. The topological polar surface area (TPSA) is 88.0 Å². The SMILES string of the molecule is CC(C)(C(=O)O)c1csc(NCc2cccnn2)n1. The van der Waals surface area contributed by atoms with Crippen molar-refractivity contribution in [1.29, 1.82) is 0 Å². The predicted octanol–water partition coefficient (Wildman–Crippen LogP) is 1.91. The largest absolute Gasteiger partial charge is 0.481 e. The Kier molecular flexibility index (Phi) is 3.75. The number of rotatable bonds is 5. The van der Waals surface area contributed by atoms with Gasteiger partial charge in [0.1, 0.15) is 5.41 Å². The van der Waals surface area contributed by atoms with Crippen LogP contribution in [-0.2, 0) is 16.8 Å². The fourth-order valence-corrected chi connectivity index (χ4v) is 2.22. The molecule has 0 bridgehead atoms. The van der Waals surface area contributed by atoms with Crippen molar-refractivity contribution in [2.75, 3.05) is 5.32 Å². The highest BCUT2D eigenvalue weighted by Crippen LogP contribution is 2.27. The van der Waals surface area contributed by atoms with Crippen LogP contribution in [0.25, 0.3) is 0 Å². The number of aromatic nitrogens is 3. The molecule has 0 fully saturated rings. The standard InChI is InChI=1S/C12H14N4O2S/c1-12(2,10(17)18)9-7-19-11(15-9)13-6-8-4-3-5-14-16-8/h3-5,7H,6H2,1-2H3,(H,13,15)(H,17,18). The van der Waals surface area contributed by atoms with Gasteiger partial charge in [0, 0.05) is 11.6 Å². The number of nitrogens with one attached hydrogen (secondary N) is 1. The molecular weight excluding hydrogens is 264 g/mol. The second kappa shape index (κ2) is 5.31. The van der Waals surface area contributed by atoms with Gasteiger partial charge in [0.05, 0.1) is 17.9 Å². The summed E-state index contributed by atoms with van der Waals surface area (Å²) in [5, 5.41) is 22.4. The van der Waals surface area contributed by atoms with Crippen molar-refractivity contribution < 1.29 is 9.90 Å². The Morgan fingerprint density at radius 2 is 2.32 bits per heavy atom. The number of thiazole rings is 1. The molecule has 0 unspecified atom stereocenters. The average molecular weight is 278 g/mol. The van der Waals surface area contributed by atoms with Crippen molar-refractivity contribution in [3.05, 3.63) is 35.1 Å². The summed E-state index contributed by atoms with van der Waals surface area (Å²) in [5.41, 5.74) is 0.367. The zero-order valence-electron chi connectivity index (χ0n) is 10.6. The van der Waals surface area contributed by atoms with E-state index in [4.69, 9.17) is 5.11 Å². The lowest BCUT2D eigenvalue weighted by atomic mass is 9.90. The molecule has 2 aromatic rings. The van der Waals surface area contributed by atoms with Gasteiger partial charge in [0.2, 0.25) is 0 Å². The highest BCUT2D eigenvalue weighted by atomic mass is 32.1. The maximum atomic E-state index is 11.1. The van der Waals surface area contributed by atoms with E-state index in [1.807, 2.05) is 12.1 Å². The van der Waals surface area contributed by atoms with E-state index < -0.39 is 11.4 Å². The first-order valence-corrected chi connectivity index (χ1v) is 6.58. The molecule has 0 aromatic carbocycles. The molecule has 6 nitrogen and oxygen atoms in total. The van der Waals surface area contributed by atoms with Crippen LogP contribution in [-0.4, -0.2) is 26.3 Å². The number of anilines is 1. The van der Waals surface area contributed by atoms with Crippen LogP contribution in [0.2, 0.25) is 0 Å². The quantitative estimate of drug-likeness (QED) is 0.868. The number of aliphatic carboxylic acids is 1. The van der Waals surface area contributed by atoms with E-state index in [9.17, 15) is 4.79 Å². The minimum Gasteiger partial charge on any atom is -0.481 e. The molecule has 19 heavy (non-hydrogen) atoms.